The molecule has 0 radical (unpaired) electrons. The van der Waals surface area contributed by atoms with E-state index >= 15 is 0 Å². The molecule has 0 aromatic heterocycles. The minimum absolute atomic E-state index is 0.170. The molecule has 1 aromatic rings. The van der Waals surface area contributed by atoms with Crippen LogP contribution in [0.25, 0.3) is 0 Å². The summed E-state index contributed by atoms with van der Waals surface area (Å²) in [6.45, 7) is 2.29. The van der Waals surface area contributed by atoms with Crippen molar-refractivity contribution in [1.82, 2.24) is 5.32 Å². The van der Waals surface area contributed by atoms with Crippen LogP contribution in [-0.4, -0.2) is 12.5 Å². The van der Waals surface area contributed by atoms with E-state index in [0.717, 1.165) is 0 Å². The molecule has 0 saturated heterocycles. The Morgan fingerprint density at radius 2 is 2.12 bits per heavy atom. The topological polar surface area (TPSA) is 29.1 Å². The van der Waals surface area contributed by atoms with Crippen LogP contribution in [0.2, 0.25) is 10.0 Å². The van der Waals surface area contributed by atoms with E-state index in [1.165, 1.54) is 0 Å². The SMILES string of the molecule is CC#CCCNC(=O)c1ccc(Cl)c(Cl)c1. The normalized spacial score (nSPS) is 9.19. The molecule has 2 nitrogen and oxygen atoms in total. The summed E-state index contributed by atoms with van der Waals surface area (Å²) in [5.74, 6) is 5.45. The number of rotatable bonds is 3. The molecule has 84 valence electrons. The van der Waals surface area contributed by atoms with Crippen molar-refractivity contribution in [3.63, 3.8) is 0 Å². The van der Waals surface area contributed by atoms with Gasteiger partial charge in [-0.3, -0.25) is 4.79 Å². The van der Waals surface area contributed by atoms with Gasteiger partial charge in [-0.2, -0.15) is 0 Å². The van der Waals surface area contributed by atoms with Gasteiger partial charge < -0.3 is 5.32 Å². The van der Waals surface area contributed by atoms with Crippen molar-refractivity contribution in [3.05, 3.63) is 33.8 Å². The van der Waals surface area contributed by atoms with Crippen LogP contribution in [0.5, 0.6) is 0 Å². The average molecular weight is 256 g/mol. The lowest BCUT2D eigenvalue weighted by Gasteiger charge is -2.04. The van der Waals surface area contributed by atoms with Crippen LogP contribution in [0.3, 0.4) is 0 Å². The second kappa shape index (κ2) is 6.42. The van der Waals surface area contributed by atoms with E-state index in [4.69, 9.17) is 23.2 Å². The number of carbonyl (C=O) groups excluding carboxylic acids is 1. The highest BCUT2D eigenvalue weighted by Gasteiger charge is 2.06. The van der Waals surface area contributed by atoms with Gasteiger partial charge in [0.1, 0.15) is 0 Å². The number of halogens is 2. The minimum atomic E-state index is -0.170. The van der Waals surface area contributed by atoms with E-state index < -0.39 is 0 Å². The Morgan fingerprint density at radius 1 is 1.38 bits per heavy atom. The van der Waals surface area contributed by atoms with Crippen LogP contribution in [0.1, 0.15) is 23.7 Å². The summed E-state index contributed by atoms with van der Waals surface area (Å²) in [7, 11) is 0. The average Bonchev–Trinajstić information content (AvgIpc) is 2.28. The van der Waals surface area contributed by atoms with Crippen molar-refractivity contribution in [2.75, 3.05) is 6.54 Å². The molecule has 0 spiro atoms. The van der Waals surface area contributed by atoms with Gasteiger partial charge in [-0.05, 0) is 25.1 Å². The van der Waals surface area contributed by atoms with Gasteiger partial charge >= 0.3 is 0 Å². The minimum Gasteiger partial charge on any atom is -0.351 e. The first-order chi connectivity index (χ1) is 7.65. The highest BCUT2D eigenvalue weighted by Crippen LogP contribution is 2.22. The second-order valence-corrected chi connectivity index (χ2v) is 3.88. The fourth-order valence-electron chi connectivity index (χ4n) is 1.10. The standard InChI is InChI=1S/C12H11Cl2NO/c1-2-3-4-7-15-12(16)9-5-6-10(13)11(14)8-9/h5-6,8H,4,7H2,1H3,(H,15,16). The van der Waals surface area contributed by atoms with Crippen LogP contribution in [0.15, 0.2) is 18.2 Å². The lowest BCUT2D eigenvalue weighted by atomic mass is 10.2. The zero-order chi connectivity index (χ0) is 12.0. The maximum Gasteiger partial charge on any atom is 0.251 e. The molecule has 0 bridgehead atoms. The molecular formula is C12H11Cl2NO. The van der Waals surface area contributed by atoms with Crippen LogP contribution < -0.4 is 5.32 Å². The summed E-state index contributed by atoms with van der Waals surface area (Å²) in [6, 6.07) is 4.78. The smallest absolute Gasteiger partial charge is 0.251 e. The van der Waals surface area contributed by atoms with E-state index in [0.29, 0.717) is 28.6 Å². The van der Waals surface area contributed by atoms with Gasteiger partial charge in [-0.15, -0.1) is 11.8 Å². The van der Waals surface area contributed by atoms with Gasteiger partial charge in [-0.1, -0.05) is 23.2 Å². The predicted octanol–water partition coefficient (Wildman–Crippen LogP) is 3.14. The molecule has 0 unspecified atom stereocenters. The van der Waals surface area contributed by atoms with E-state index in [-0.39, 0.29) is 5.91 Å². The maximum absolute atomic E-state index is 11.6. The highest BCUT2D eigenvalue weighted by atomic mass is 35.5. The van der Waals surface area contributed by atoms with E-state index in [1.807, 2.05) is 0 Å². The molecule has 0 atom stereocenters. The Morgan fingerprint density at radius 3 is 2.75 bits per heavy atom. The van der Waals surface area contributed by atoms with Crippen LogP contribution in [0.4, 0.5) is 0 Å². The van der Waals surface area contributed by atoms with Crippen molar-refractivity contribution in [3.8, 4) is 11.8 Å². The van der Waals surface area contributed by atoms with Crippen molar-refractivity contribution in [1.29, 1.82) is 0 Å². The van der Waals surface area contributed by atoms with Crippen molar-refractivity contribution in [2.24, 2.45) is 0 Å². The quantitative estimate of drug-likeness (QED) is 0.653. The van der Waals surface area contributed by atoms with E-state index in [1.54, 1.807) is 25.1 Å². The Labute approximate surface area is 105 Å². The third-order valence-corrected chi connectivity index (χ3v) is 2.63. The summed E-state index contributed by atoms with van der Waals surface area (Å²) in [5.41, 5.74) is 0.499. The monoisotopic (exact) mass is 255 g/mol. The summed E-state index contributed by atoms with van der Waals surface area (Å²) in [6.07, 6.45) is 0.642. The fraction of sp³-hybridized carbons (Fsp3) is 0.250. The molecule has 0 aliphatic rings. The number of hydrogen-bond donors (Lipinski definition) is 1. The number of amides is 1. The van der Waals surface area contributed by atoms with Crippen molar-refractivity contribution < 1.29 is 4.79 Å². The number of hydrogen-bond acceptors (Lipinski definition) is 1. The Balaban J connectivity index is 2.58. The number of nitrogens with one attached hydrogen (secondary N) is 1. The van der Waals surface area contributed by atoms with Crippen LogP contribution in [0, 0.1) is 11.8 Å². The molecule has 1 aromatic carbocycles. The Kier molecular flexibility index (Phi) is 5.18. The first kappa shape index (κ1) is 12.9. The van der Waals surface area contributed by atoms with Crippen LogP contribution >= 0.6 is 23.2 Å². The van der Waals surface area contributed by atoms with Gasteiger partial charge in [0.25, 0.3) is 5.91 Å². The Bertz CT molecular complexity index is 446. The summed E-state index contributed by atoms with van der Waals surface area (Å²) in [5, 5.41) is 3.55. The van der Waals surface area contributed by atoms with E-state index in [2.05, 4.69) is 17.2 Å². The first-order valence-electron chi connectivity index (χ1n) is 4.78. The van der Waals surface area contributed by atoms with Gasteiger partial charge in [0, 0.05) is 18.5 Å². The Hall–Kier alpha value is -1.17. The summed E-state index contributed by atoms with van der Waals surface area (Å²) >= 11 is 11.6. The zero-order valence-electron chi connectivity index (χ0n) is 8.81. The zero-order valence-corrected chi connectivity index (χ0v) is 10.3. The molecular weight excluding hydrogens is 245 g/mol. The van der Waals surface area contributed by atoms with Crippen molar-refractivity contribution >= 4 is 29.1 Å². The molecule has 4 heteroatoms. The molecule has 0 aliphatic carbocycles. The van der Waals surface area contributed by atoms with Gasteiger partial charge in [0.2, 0.25) is 0 Å². The third kappa shape index (κ3) is 3.77. The maximum atomic E-state index is 11.6. The molecule has 0 aliphatic heterocycles. The summed E-state index contributed by atoms with van der Waals surface area (Å²) < 4.78 is 0. The van der Waals surface area contributed by atoms with Crippen LogP contribution in [-0.2, 0) is 0 Å². The second-order valence-electron chi connectivity index (χ2n) is 3.06. The lowest BCUT2D eigenvalue weighted by molar-refractivity contribution is 0.0954. The fourth-order valence-corrected chi connectivity index (χ4v) is 1.40. The van der Waals surface area contributed by atoms with Gasteiger partial charge in [0.05, 0.1) is 10.0 Å². The van der Waals surface area contributed by atoms with E-state index in [9.17, 15) is 4.79 Å². The molecule has 16 heavy (non-hydrogen) atoms. The molecule has 0 heterocycles. The molecule has 0 fully saturated rings. The number of carbonyl (C=O) groups is 1. The van der Waals surface area contributed by atoms with Crippen molar-refractivity contribution in [2.45, 2.75) is 13.3 Å². The third-order valence-electron chi connectivity index (χ3n) is 1.89. The molecule has 1 amide bonds. The molecule has 1 N–H and O–H groups in total. The largest absolute Gasteiger partial charge is 0.351 e. The molecule has 0 saturated carbocycles. The lowest BCUT2D eigenvalue weighted by Crippen LogP contribution is -2.24. The number of benzene rings is 1. The highest BCUT2D eigenvalue weighted by molar-refractivity contribution is 6.42. The van der Waals surface area contributed by atoms with Gasteiger partial charge in [0.15, 0.2) is 0 Å². The first-order valence-corrected chi connectivity index (χ1v) is 5.53. The molecule has 1 rings (SSSR count). The predicted molar refractivity (Wildman–Crippen MR) is 66.9 cm³/mol. The summed E-state index contributed by atoms with van der Waals surface area (Å²) in [4.78, 5) is 11.6. The van der Waals surface area contributed by atoms with Gasteiger partial charge in [-0.25, -0.2) is 0 Å².